The van der Waals surface area contributed by atoms with Gasteiger partial charge in [0, 0.05) is 0 Å². The molecule has 154 valence electrons. The zero-order chi connectivity index (χ0) is 19.4. The van der Waals surface area contributed by atoms with Gasteiger partial charge in [0.05, 0.1) is 8.56 Å². The molecule has 26 heavy (non-hydrogen) atoms. The molecule has 0 atom stereocenters. The minimum atomic E-state index is -2.53. The topological polar surface area (TPSA) is 60.0 Å². The molecule has 1 saturated heterocycles. The van der Waals surface area contributed by atoms with Crippen molar-refractivity contribution in [1.29, 1.82) is 0 Å². The Balaban J connectivity index is -0.000000378. The summed E-state index contributed by atoms with van der Waals surface area (Å²) in [6.07, 6.45) is 2.39. The van der Waals surface area contributed by atoms with Crippen LogP contribution in [0.25, 0.3) is 0 Å². The molecule has 0 aromatic carbocycles. The Hall–Kier alpha value is 1.48. The van der Waals surface area contributed by atoms with Gasteiger partial charge in [0.1, 0.15) is 0 Å². The maximum atomic E-state index is 11.4. The van der Waals surface area contributed by atoms with E-state index in [0.717, 1.165) is 6.04 Å². The SMILES string of the molecule is C.CCCC[Si](C)(C)O[Si](C)(C)[O-].C[Si]1(C)O[Si](C)(C)O[Si](C)(C)O1.[Li+]. The van der Waals surface area contributed by atoms with Crippen molar-refractivity contribution in [3.8, 4) is 0 Å². The van der Waals surface area contributed by atoms with Gasteiger partial charge in [-0.25, -0.2) is 0 Å². The van der Waals surface area contributed by atoms with Gasteiger partial charge in [-0.05, 0) is 58.4 Å². The molecule has 0 spiro atoms. The smallest absolute Gasteiger partial charge is 0.839 e. The minimum absolute atomic E-state index is 0. The molecule has 5 nitrogen and oxygen atoms in total. The van der Waals surface area contributed by atoms with Crippen LogP contribution in [-0.2, 0) is 16.5 Å². The fourth-order valence-electron chi connectivity index (χ4n) is 3.16. The fourth-order valence-corrected chi connectivity index (χ4v) is 25.9. The van der Waals surface area contributed by atoms with Gasteiger partial charge in [0.25, 0.3) is 0 Å². The third-order valence-corrected chi connectivity index (χ3v) is 20.7. The van der Waals surface area contributed by atoms with Gasteiger partial charge in [0.2, 0.25) is 0 Å². The first-order valence-corrected chi connectivity index (χ1v) is 23.3. The van der Waals surface area contributed by atoms with E-state index in [0.29, 0.717) is 0 Å². The molecule has 1 heterocycles. The summed E-state index contributed by atoms with van der Waals surface area (Å²) in [6, 6.07) is 1.13. The van der Waals surface area contributed by atoms with Crippen molar-refractivity contribution >= 4 is 42.6 Å². The van der Waals surface area contributed by atoms with Crippen molar-refractivity contribution in [3.63, 3.8) is 0 Å². The normalized spacial score (nSPS) is 20.8. The molecule has 1 aliphatic rings. The molecule has 0 amide bonds. The van der Waals surface area contributed by atoms with Gasteiger partial charge in [-0.2, -0.15) is 0 Å². The third-order valence-electron chi connectivity index (χ3n) is 3.13. The zero-order valence-electron chi connectivity index (χ0n) is 18.7. The van der Waals surface area contributed by atoms with Crippen LogP contribution in [-0.4, -0.2) is 42.6 Å². The molecule has 0 aliphatic carbocycles. The van der Waals surface area contributed by atoms with Crippen LogP contribution in [0.1, 0.15) is 27.2 Å². The van der Waals surface area contributed by atoms with E-state index in [1.165, 1.54) is 12.8 Å². The van der Waals surface area contributed by atoms with Crippen LogP contribution in [0.3, 0.4) is 0 Å². The number of hydrogen-bond donors (Lipinski definition) is 0. The Morgan fingerprint density at radius 1 is 0.808 bits per heavy atom. The molecule has 1 aliphatic heterocycles. The van der Waals surface area contributed by atoms with E-state index in [2.05, 4.69) is 59.3 Å². The predicted molar refractivity (Wildman–Crippen MR) is 118 cm³/mol. The first kappa shape index (κ1) is 32.2. The molecule has 11 heteroatoms. The monoisotopic (exact) mass is 450 g/mol. The molecule has 0 aromatic rings. The van der Waals surface area contributed by atoms with Crippen LogP contribution in [0.15, 0.2) is 0 Å². The zero-order valence-corrected chi connectivity index (χ0v) is 23.7. The molecule has 0 aromatic heterocycles. The van der Waals surface area contributed by atoms with Crippen molar-refractivity contribution in [2.45, 2.75) is 98.7 Å². The number of unbranched alkanes of at least 4 members (excludes halogenated alkanes) is 1. The van der Waals surface area contributed by atoms with Crippen molar-refractivity contribution in [2.24, 2.45) is 0 Å². The van der Waals surface area contributed by atoms with Crippen molar-refractivity contribution in [2.75, 3.05) is 0 Å². The quantitative estimate of drug-likeness (QED) is 0.598. The van der Waals surface area contributed by atoms with Crippen LogP contribution < -0.4 is 23.7 Å². The Morgan fingerprint density at radius 2 is 1.12 bits per heavy atom. The summed E-state index contributed by atoms with van der Waals surface area (Å²) >= 11 is 0. The van der Waals surface area contributed by atoms with Crippen LogP contribution in [0, 0.1) is 0 Å². The van der Waals surface area contributed by atoms with E-state index >= 15 is 0 Å². The van der Waals surface area contributed by atoms with Gasteiger partial charge in [-0.1, -0.05) is 40.3 Å². The standard InChI is InChI=1S/C8H21O2Si2.C6H18O3Si3.CH4.Li/c1-6-7-8-11(2,3)10-12(4,5)9;1-10(2)7-11(3,4)9-12(5,6)8-10;;/h6-8H2,1-5H3;1-6H3;1H4;/q-1;;;+1. The van der Waals surface area contributed by atoms with Gasteiger partial charge in [0.15, 0.2) is 8.32 Å². The average Bonchev–Trinajstić information content (AvgIpc) is 2.16. The summed E-state index contributed by atoms with van der Waals surface area (Å²) in [6.45, 7) is 22.5. The number of hydrogen-bond acceptors (Lipinski definition) is 5. The van der Waals surface area contributed by atoms with Crippen LogP contribution in [0.2, 0.25) is 71.5 Å². The largest absolute Gasteiger partial charge is 1.00 e. The first-order valence-electron chi connectivity index (χ1n) is 8.90. The molecule has 0 bridgehead atoms. The summed E-state index contributed by atoms with van der Waals surface area (Å²) in [4.78, 5) is 11.4. The second-order valence-corrected chi connectivity index (χ2v) is 27.4. The van der Waals surface area contributed by atoms with Crippen molar-refractivity contribution in [3.05, 3.63) is 0 Å². The van der Waals surface area contributed by atoms with Crippen molar-refractivity contribution < 1.29 is 40.1 Å². The van der Waals surface area contributed by atoms with Crippen LogP contribution in [0.5, 0.6) is 0 Å². The summed E-state index contributed by atoms with van der Waals surface area (Å²) < 4.78 is 23.2. The van der Waals surface area contributed by atoms with Gasteiger partial charge < -0.3 is 21.3 Å². The summed E-state index contributed by atoms with van der Waals surface area (Å²) in [5.41, 5.74) is 0. The molecule has 1 fully saturated rings. The molecule has 0 unspecified atom stereocenters. The maximum Gasteiger partial charge on any atom is 1.00 e. The summed E-state index contributed by atoms with van der Waals surface area (Å²) in [5.74, 6) is 0. The van der Waals surface area contributed by atoms with E-state index in [4.69, 9.17) is 16.5 Å². The third kappa shape index (κ3) is 16.4. The van der Waals surface area contributed by atoms with E-state index in [-0.39, 0.29) is 26.3 Å². The minimum Gasteiger partial charge on any atom is -0.839 e. The molecule has 1 rings (SSSR count). The van der Waals surface area contributed by atoms with E-state index < -0.39 is 42.6 Å². The Labute approximate surface area is 180 Å². The summed E-state index contributed by atoms with van der Waals surface area (Å²) in [5, 5.41) is 0. The van der Waals surface area contributed by atoms with E-state index in [1.54, 1.807) is 13.1 Å². The Kier molecular flexibility index (Phi) is 14.4. The van der Waals surface area contributed by atoms with Crippen LogP contribution >= 0.6 is 0 Å². The Bertz CT molecular complexity index is 355. The van der Waals surface area contributed by atoms with E-state index in [9.17, 15) is 4.80 Å². The maximum absolute atomic E-state index is 11.4. The molecular weight excluding hydrogens is 408 g/mol. The predicted octanol–water partition coefficient (Wildman–Crippen LogP) is 1.87. The summed E-state index contributed by atoms with van der Waals surface area (Å²) in [7, 11) is -9.73. The first-order chi connectivity index (χ1) is 10.4. The average molecular weight is 451 g/mol. The van der Waals surface area contributed by atoms with Gasteiger partial charge >= 0.3 is 44.5 Å². The van der Waals surface area contributed by atoms with Gasteiger partial charge in [-0.3, -0.25) is 0 Å². The Morgan fingerprint density at radius 3 is 1.35 bits per heavy atom. The molecular formula is C15H43LiO5Si5. The molecule has 0 saturated carbocycles. The van der Waals surface area contributed by atoms with Crippen molar-refractivity contribution in [1.82, 2.24) is 0 Å². The molecule has 0 N–H and O–H groups in total. The van der Waals surface area contributed by atoms with E-state index in [1.807, 2.05) is 0 Å². The fraction of sp³-hybridized carbons (Fsp3) is 1.00. The number of rotatable bonds is 5. The second kappa shape index (κ2) is 11.6. The second-order valence-electron chi connectivity index (χ2n) is 8.87. The molecule has 0 radical (unpaired) electrons. The van der Waals surface area contributed by atoms with Gasteiger partial charge in [-0.15, -0.1) is 0 Å². The van der Waals surface area contributed by atoms with Crippen LogP contribution in [0.4, 0.5) is 0 Å².